The van der Waals surface area contributed by atoms with Crippen molar-refractivity contribution in [2.24, 2.45) is 0 Å². The Bertz CT molecular complexity index is 1310. The minimum absolute atomic E-state index is 0.164. The number of rotatable bonds is 11. The number of hydrogen-bond acceptors (Lipinski definition) is 4. The van der Waals surface area contributed by atoms with Crippen LogP contribution in [0.4, 0.5) is 18.9 Å². The van der Waals surface area contributed by atoms with Crippen LogP contribution in [-0.4, -0.2) is 50.0 Å². The topological polar surface area (TPSA) is 86.8 Å². The second kappa shape index (κ2) is 13.4. The number of alkyl halides is 3. The zero-order valence-electron chi connectivity index (χ0n) is 21.7. The van der Waals surface area contributed by atoms with E-state index in [4.69, 9.17) is 34.8 Å². The molecule has 2 rings (SSSR count). The third-order valence-corrected chi connectivity index (χ3v) is 8.02. The van der Waals surface area contributed by atoms with Gasteiger partial charge in [-0.1, -0.05) is 54.7 Å². The molecule has 2 atom stereocenters. The normalized spacial score (nSPS) is 13.5. The van der Waals surface area contributed by atoms with Gasteiger partial charge in [-0.2, -0.15) is 13.2 Å². The van der Waals surface area contributed by atoms with Gasteiger partial charge in [0.25, 0.3) is 0 Å². The molecule has 1 N–H and O–H groups in total. The number of anilines is 1. The molecule has 0 saturated heterocycles. The number of hydrogen-bond donors (Lipinski definition) is 1. The lowest BCUT2D eigenvalue weighted by atomic mass is 10.1. The summed E-state index contributed by atoms with van der Waals surface area (Å²) in [4.78, 5) is 28.0. The fourth-order valence-corrected chi connectivity index (χ4v) is 5.23. The maximum atomic E-state index is 13.7. The molecule has 7 nitrogen and oxygen atoms in total. The standard InChI is InChI=1S/C25H29Cl3F3N3O4S/c1-5-15(3)32-24(36)22(6-2)33(13-16-7-8-17(26)11-21(16)28)23(35)14-34(39(4,37)38)18-9-10-20(27)19(12-18)25(29,30)31/h7-12,15,22H,5-6,13-14H2,1-4H3,(H,32,36). The smallest absolute Gasteiger partial charge is 0.352 e. The van der Waals surface area contributed by atoms with E-state index in [2.05, 4.69) is 5.32 Å². The highest BCUT2D eigenvalue weighted by molar-refractivity contribution is 7.92. The molecule has 2 aromatic rings. The van der Waals surface area contributed by atoms with Crippen molar-refractivity contribution in [2.75, 3.05) is 17.1 Å². The molecule has 216 valence electrons. The number of halogens is 6. The van der Waals surface area contributed by atoms with Crippen molar-refractivity contribution in [1.29, 1.82) is 0 Å². The third-order valence-electron chi connectivity index (χ3n) is 5.97. The molecule has 0 fully saturated rings. The lowest BCUT2D eigenvalue weighted by Gasteiger charge is -2.33. The molecule has 2 aromatic carbocycles. The summed E-state index contributed by atoms with van der Waals surface area (Å²) in [5.41, 5.74) is -1.24. The molecule has 0 bridgehead atoms. The predicted octanol–water partition coefficient (Wildman–Crippen LogP) is 6.15. The monoisotopic (exact) mass is 629 g/mol. The van der Waals surface area contributed by atoms with Crippen LogP contribution in [-0.2, 0) is 32.3 Å². The summed E-state index contributed by atoms with van der Waals surface area (Å²) >= 11 is 18.0. The van der Waals surface area contributed by atoms with Crippen LogP contribution in [0, 0.1) is 0 Å². The van der Waals surface area contributed by atoms with Crippen LogP contribution in [0.2, 0.25) is 15.1 Å². The highest BCUT2D eigenvalue weighted by atomic mass is 35.5. The molecule has 0 aliphatic carbocycles. The van der Waals surface area contributed by atoms with Crippen LogP contribution in [0.25, 0.3) is 0 Å². The molecule has 0 aliphatic rings. The molecule has 0 radical (unpaired) electrons. The summed E-state index contributed by atoms with van der Waals surface area (Å²) in [6.45, 7) is 4.27. The van der Waals surface area contributed by atoms with Gasteiger partial charge >= 0.3 is 6.18 Å². The van der Waals surface area contributed by atoms with Gasteiger partial charge < -0.3 is 10.2 Å². The van der Waals surface area contributed by atoms with E-state index in [1.54, 1.807) is 26.0 Å². The van der Waals surface area contributed by atoms with Crippen molar-refractivity contribution in [3.05, 3.63) is 62.6 Å². The molecular formula is C25H29Cl3F3N3O4S. The first-order valence-corrected chi connectivity index (χ1v) is 14.9. The molecule has 14 heteroatoms. The summed E-state index contributed by atoms with van der Waals surface area (Å²) in [7, 11) is -4.25. The van der Waals surface area contributed by atoms with Crippen LogP contribution in [0.3, 0.4) is 0 Å². The van der Waals surface area contributed by atoms with Crippen molar-refractivity contribution in [3.8, 4) is 0 Å². The molecular weight excluding hydrogens is 602 g/mol. The summed E-state index contributed by atoms with van der Waals surface area (Å²) in [5.74, 6) is -1.30. The Morgan fingerprint density at radius 2 is 1.64 bits per heavy atom. The largest absolute Gasteiger partial charge is 0.417 e. The van der Waals surface area contributed by atoms with Gasteiger partial charge in [0, 0.05) is 22.6 Å². The average Bonchev–Trinajstić information content (AvgIpc) is 2.82. The van der Waals surface area contributed by atoms with Crippen LogP contribution in [0.15, 0.2) is 36.4 Å². The van der Waals surface area contributed by atoms with Crippen LogP contribution in [0.5, 0.6) is 0 Å². The molecule has 39 heavy (non-hydrogen) atoms. The lowest BCUT2D eigenvalue weighted by Crippen LogP contribution is -2.53. The molecule has 0 aromatic heterocycles. The number of carbonyl (C=O) groups is 2. The van der Waals surface area contributed by atoms with E-state index in [9.17, 15) is 31.2 Å². The number of nitrogens with zero attached hydrogens (tertiary/aromatic N) is 2. The van der Waals surface area contributed by atoms with Crippen LogP contribution < -0.4 is 9.62 Å². The number of carbonyl (C=O) groups excluding carboxylic acids is 2. The Hall–Kier alpha value is -2.21. The van der Waals surface area contributed by atoms with E-state index in [1.807, 2.05) is 6.92 Å². The molecule has 0 aliphatic heterocycles. The lowest BCUT2D eigenvalue weighted by molar-refractivity contribution is -0.140. The zero-order valence-corrected chi connectivity index (χ0v) is 24.7. The Labute approximate surface area is 241 Å². The number of nitrogens with one attached hydrogen (secondary N) is 1. The van der Waals surface area contributed by atoms with Crippen LogP contribution in [0.1, 0.15) is 44.7 Å². The summed E-state index contributed by atoms with van der Waals surface area (Å²) < 4.78 is 66.3. The van der Waals surface area contributed by atoms with Gasteiger partial charge in [0.15, 0.2) is 0 Å². The number of amides is 2. The van der Waals surface area contributed by atoms with Crippen molar-refractivity contribution in [1.82, 2.24) is 10.2 Å². The van der Waals surface area contributed by atoms with Crippen molar-refractivity contribution < 1.29 is 31.2 Å². The average molecular weight is 631 g/mol. The van der Waals surface area contributed by atoms with Gasteiger partial charge in [-0.05, 0) is 55.7 Å². The highest BCUT2D eigenvalue weighted by Crippen LogP contribution is 2.37. The first kappa shape index (κ1) is 33.0. The molecule has 0 heterocycles. The Morgan fingerprint density at radius 3 is 2.15 bits per heavy atom. The van der Waals surface area contributed by atoms with Gasteiger partial charge in [0.2, 0.25) is 21.8 Å². The number of benzene rings is 2. The predicted molar refractivity (Wildman–Crippen MR) is 148 cm³/mol. The van der Waals surface area contributed by atoms with Gasteiger partial charge in [-0.25, -0.2) is 8.42 Å². The second-order valence-corrected chi connectivity index (χ2v) is 12.1. The van der Waals surface area contributed by atoms with Crippen molar-refractivity contribution in [3.63, 3.8) is 0 Å². The van der Waals surface area contributed by atoms with E-state index < -0.39 is 56.9 Å². The minimum Gasteiger partial charge on any atom is -0.352 e. The second-order valence-electron chi connectivity index (χ2n) is 8.93. The van der Waals surface area contributed by atoms with E-state index in [-0.39, 0.29) is 24.0 Å². The quantitative estimate of drug-likeness (QED) is 0.323. The minimum atomic E-state index is -4.86. The van der Waals surface area contributed by atoms with Gasteiger partial charge in [0.05, 0.1) is 22.5 Å². The van der Waals surface area contributed by atoms with Crippen molar-refractivity contribution >= 4 is 62.3 Å². The fourth-order valence-electron chi connectivity index (χ4n) is 3.69. The molecule has 2 amide bonds. The molecule has 0 spiro atoms. The molecule has 2 unspecified atom stereocenters. The maximum absolute atomic E-state index is 13.7. The first-order chi connectivity index (χ1) is 18.0. The zero-order chi connectivity index (χ0) is 29.7. The summed E-state index contributed by atoms with van der Waals surface area (Å²) in [6.07, 6.45) is -3.31. The van der Waals surface area contributed by atoms with E-state index >= 15 is 0 Å². The maximum Gasteiger partial charge on any atom is 0.417 e. The summed E-state index contributed by atoms with van der Waals surface area (Å²) in [5, 5.41) is 2.74. The SMILES string of the molecule is CCC(C)NC(=O)C(CC)N(Cc1ccc(Cl)cc1Cl)C(=O)CN(c1ccc(Cl)c(C(F)(F)F)c1)S(C)(=O)=O. The van der Waals surface area contributed by atoms with Gasteiger partial charge in [0.1, 0.15) is 12.6 Å². The third kappa shape index (κ3) is 8.89. The van der Waals surface area contributed by atoms with Gasteiger partial charge in [-0.3, -0.25) is 13.9 Å². The Kier molecular flexibility index (Phi) is 11.4. The van der Waals surface area contributed by atoms with E-state index in [0.29, 0.717) is 27.4 Å². The first-order valence-electron chi connectivity index (χ1n) is 11.9. The van der Waals surface area contributed by atoms with E-state index in [0.717, 1.165) is 23.3 Å². The summed E-state index contributed by atoms with van der Waals surface area (Å²) in [6, 6.07) is 5.86. The van der Waals surface area contributed by atoms with Gasteiger partial charge in [-0.15, -0.1) is 0 Å². The van der Waals surface area contributed by atoms with Crippen molar-refractivity contribution in [2.45, 2.75) is 58.4 Å². The number of sulfonamides is 1. The fraction of sp³-hybridized carbons (Fsp3) is 0.440. The highest BCUT2D eigenvalue weighted by Gasteiger charge is 2.36. The molecule has 0 saturated carbocycles. The Balaban J connectivity index is 2.56. The van der Waals surface area contributed by atoms with E-state index in [1.165, 1.54) is 6.07 Å². The Morgan fingerprint density at radius 1 is 1.00 bits per heavy atom. The van der Waals surface area contributed by atoms with Crippen LogP contribution >= 0.6 is 34.8 Å².